The fourth-order valence-electron chi connectivity index (χ4n) is 0.642. The van der Waals surface area contributed by atoms with Gasteiger partial charge in [0.1, 0.15) is 0 Å². The summed E-state index contributed by atoms with van der Waals surface area (Å²) in [6.07, 6.45) is 2.94. The molecule has 0 aromatic heterocycles. The molecule has 1 saturated heterocycles. The van der Waals surface area contributed by atoms with Gasteiger partial charge < -0.3 is 4.72 Å². The molecule has 1 fully saturated rings. The smallest absolute Gasteiger partial charge is 0.229 e. The molecule has 0 aliphatic carbocycles. The maximum atomic E-state index is 10.6. The number of carbonyl (C=O) groups excluding carboxylic acids is 1. The molecule has 0 radical (unpaired) electrons. The second-order valence-corrected chi connectivity index (χ2v) is 2.73. The zero-order valence-electron chi connectivity index (χ0n) is 4.64. The van der Waals surface area contributed by atoms with Gasteiger partial charge in [0.25, 0.3) is 0 Å². The van der Waals surface area contributed by atoms with Crippen LogP contribution in [0.25, 0.3) is 0 Å². The van der Waals surface area contributed by atoms with E-state index in [-0.39, 0.29) is 5.91 Å². The maximum Gasteiger partial charge on any atom is 0.229 e. The molecule has 2 nitrogen and oxygen atoms in total. The van der Waals surface area contributed by atoms with E-state index in [1.807, 2.05) is 0 Å². The lowest BCUT2D eigenvalue weighted by atomic mass is 10.2. The molecule has 8 heavy (non-hydrogen) atoms. The van der Waals surface area contributed by atoms with Crippen LogP contribution in [0, 0.1) is 0 Å². The lowest BCUT2D eigenvalue weighted by Gasteiger charge is -1.92. The molecule has 0 aromatic carbocycles. The van der Waals surface area contributed by atoms with Crippen molar-refractivity contribution < 1.29 is 4.79 Å². The highest BCUT2D eigenvalue weighted by atomic mass is 32.2. The highest BCUT2D eigenvalue weighted by Crippen LogP contribution is 2.07. The minimum absolute atomic E-state index is 0.188. The summed E-state index contributed by atoms with van der Waals surface area (Å²) in [6.45, 7) is 0. The molecule has 0 atom stereocenters. The Morgan fingerprint density at radius 3 is 3.25 bits per heavy atom. The summed E-state index contributed by atoms with van der Waals surface area (Å²) in [7, 11) is 0. The summed E-state index contributed by atoms with van der Waals surface area (Å²) in [4.78, 5) is 10.6. The Labute approximate surface area is 53.2 Å². The first kappa shape index (κ1) is 5.95. The molecule has 1 amide bonds. The van der Waals surface area contributed by atoms with Gasteiger partial charge in [-0.05, 0) is 12.8 Å². The van der Waals surface area contributed by atoms with Crippen molar-refractivity contribution in [2.24, 2.45) is 0 Å². The summed E-state index contributed by atoms with van der Waals surface area (Å²) >= 11 is 1.52. The van der Waals surface area contributed by atoms with Gasteiger partial charge >= 0.3 is 0 Å². The highest BCUT2D eigenvalue weighted by Gasteiger charge is 2.04. The quantitative estimate of drug-likeness (QED) is 0.496. The molecular weight excluding hydrogens is 122 g/mol. The van der Waals surface area contributed by atoms with Crippen molar-refractivity contribution in [3.63, 3.8) is 0 Å². The van der Waals surface area contributed by atoms with Crippen LogP contribution >= 0.6 is 11.9 Å². The monoisotopic (exact) mass is 131 g/mol. The molecule has 1 aliphatic rings. The Morgan fingerprint density at radius 1 is 1.50 bits per heavy atom. The molecule has 0 unspecified atom stereocenters. The number of rotatable bonds is 0. The molecule has 1 rings (SSSR count). The first-order chi connectivity index (χ1) is 3.89. The van der Waals surface area contributed by atoms with Crippen molar-refractivity contribution in [2.75, 3.05) is 5.75 Å². The van der Waals surface area contributed by atoms with Crippen molar-refractivity contribution in [3.05, 3.63) is 0 Å². The van der Waals surface area contributed by atoms with E-state index in [2.05, 4.69) is 4.72 Å². The van der Waals surface area contributed by atoms with Crippen LogP contribution in [0.2, 0.25) is 0 Å². The third kappa shape index (κ3) is 1.74. The second kappa shape index (κ2) is 2.97. The van der Waals surface area contributed by atoms with Crippen LogP contribution in [-0.2, 0) is 4.79 Å². The molecule has 1 N–H and O–H groups in total. The Kier molecular flexibility index (Phi) is 2.21. The zero-order chi connectivity index (χ0) is 5.82. The van der Waals surface area contributed by atoms with Gasteiger partial charge in [0.05, 0.1) is 0 Å². The molecule has 1 aliphatic heterocycles. The molecule has 0 bridgehead atoms. The predicted molar refractivity (Wildman–Crippen MR) is 34.5 cm³/mol. The third-order valence-electron chi connectivity index (χ3n) is 1.09. The summed E-state index contributed by atoms with van der Waals surface area (Å²) in [5.41, 5.74) is 0. The van der Waals surface area contributed by atoms with Crippen molar-refractivity contribution in [1.29, 1.82) is 0 Å². The van der Waals surface area contributed by atoms with E-state index >= 15 is 0 Å². The van der Waals surface area contributed by atoms with E-state index in [1.165, 1.54) is 18.4 Å². The molecule has 3 heteroatoms. The summed E-state index contributed by atoms with van der Waals surface area (Å²) < 4.78 is 2.72. The Balaban J connectivity index is 2.27. The van der Waals surface area contributed by atoms with E-state index in [4.69, 9.17) is 0 Å². The molecule has 0 aromatic rings. The van der Waals surface area contributed by atoms with Gasteiger partial charge in [-0.15, -0.1) is 0 Å². The van der Waals surface area contributed by atoms with Gasteiger partial charge in [0.15, 0.2) is 0 Å². The highest BCUT2D eigenvalue weighted by molar-refractivity contribution is 7.97. The van der Waals surface area contributed by atoms with Crippen molar-refractivity contribution in [3.8, 4) is 0 Å². The van der Waals surface area contributed by atoms with Crippen LogP contribution in [0.5, 0.6) is 0 Å². The van der Waals surface area contributed by atoms with Gasteiger partial charge in [0, 0.05) is 12.2 Å². The fourth-order valence-corrected chi connectivity index (χ4v) is 1.36. The van der Waals surface area contributed by atoms with E-state index in [0.717, 1.165) is 12.2 Å². The number of hydrogen-bond donors (Lipinski definition) is 1. The van der Waals surface area contributed by atoms with Gasteiger partial charge in [0.2, 0.25) is 5.91 Å². The lowest BCUT2D eigenvalue weighted by Crippen LogP contribution is -2.12. The summed E-state index contributed by atoms with van der Waals surface area (Å²) in [5, 5.41) is 0. The number of hydrogen-bond acceptors (Lipinski definition) is 2. The third-order valence-corrected chi connectivity index (χ3v) is 1.95. The minimum atomic E-state index is 0.188. The average Bonchev–Trinajstić information content (AvgIpc) is 1.94. The molecule has 0 spiro atoms. The van der Waals surface area contributed by atoms with E-state index < -0.39 is 0 Å². The Bertz CT molecular complexity index is 84.4. The van der Waals surface area contributed by atoms with Crippen LogP contribution in [0.4, 0.5) is 0 Å². The van der Waals surface area contributed by atoms with E-state index in [9.17, 15) is 4.79 Å². The summed E-state index contributed by atoms with van der Waals surface area (Å²) in [6, 6.07) is 0. The Hall–Kier alpha value is -0.180. The van der Waals surface area contributed by atoms with Gasteiger partial charge in [-0.2, -0.15) is 0 Å². The standard InChI is InChI=1S/C5H9NOS/c7-5-3-1-2-4-8-6-5/h1-4H2,(H,6,7). The van der Waals surface area contributed by atoms with Crippen LogP contribution < -0.4 is 4.72 Å². The first-order valence-electron chi connectivity index (χ1n) is 2.80. The molecule has 46 valence electrons. The number of nitrogens with one attached hydrogen (secondary N) is 1. The second-order valence-electron chi connectivity index (χ2n) is 1.83. The van der Waals surface area contributed by atoms with Gasteiger partial charge in [-0.3, -0.25) is 4.79 Å². The molecule has 0 saturated carbocycles. The minimum Gasteiger partial charge on any atom is -0.300 e. The molecular formula is C5H9NOS. The van der Waals surface area contributed by atoms with Crippen LogP contribution in [0.1, 0.15) is 19.3 Å². The van der Waals surface area contributed by atoms with Crippen molar-refractivity contribution >= 4 is 17.9 Å². The van der Waals surface area contributed by atoms with Crippen molar-refractivity contribution in [2.45, 2.75) is 19.3 Å². The van der Waals surface area contributed by atoms with E-state index in [0.29, 0.717) is 6.42 Å². The fraction of sp³-hybridized carbons (Fsp3) is 0.800. The average molecular weight is 131 g/mol. The largest absolute Gasteiger partial charge is 0.300 e. The summed E-state index contributed by atoms with van der Waals surface area (Å²) in [5.74, 6) is 1.26. The predicted octanol–water partition coefficient (Wildman–Crippen LogP) is 0.935. The first-order valence-corrected chi connectivity index (χ1v) is 3.79. The maximum absolute atomic E-state index is 10.6. The van der Waals surface area contributed by atoms with Gasteiger partial charge in [-0.1, -0.05) is 11.9 Å². The topological polar surface area (TPSA) is 29.1 Å². The number of amides is 1. The SMILES string of the molecule is O=C1CCCCSN1. The molecule has 1 heterocycles. The van der Waals surface area contributed by atoms with Crippen LogP contribution in [-0.4, -0.2) is 11.7 Å². The lowest BCUT2D eigenvalue weighted by molar-refractivity contribution is -0.119. The van der Waals surface area contributed by atoms with Crippen LogP contribution in [0.3, 0.4) is 0 Å². The normalized spacial score (nSPS) is 21.8. The van der Waals surface area contributed by atoms with Gasteiger partial charge in [-0.25, -0.2) is 0 Å². The zero-order valence-corrected chi connectivity index (χ0v) is 5.46. The number of carbonyl (C=O) groups is 1. The Morgan fingerprint density at radius 2 is 2.38 bits per heavy atom. The van der Waals surface area contributed by atoms with Crippen LogP contribution in [0.15, 0.2) is 0 Å². The van der Waals surface area contributed by atoms with Crippen molar-refractivity contribution in [1.82, 2.24) is 4.72 Å². The van der Waals surface area contributed by atoms with E-state index in [1.54, 1.807) is 0 Å².